The molecule has 0 bridgehead atoms. The molecule has 0 aliphatic heterocycles. The zero-order valence-corrected chi connectivity index (χ0v) is 43.8. The van der Waals surface area contributed by atoms with E-state index < -0.39 is 32.5 Å². The molecule has 0 aromatic rings. The number of carbonyl (C=O) groups excluding carboxylic acids is 2. The molecule has 9 nitrogen and oxygen atoms in total. The van der Waals surface area contributed by atoms with Gasteiger partial charge in [-0.2, -0.15) is 0 Å². The van der Waals surface area contributed by atoms with Crippen LogP contribution in [-0.2, 0) is 32.7 Å². The quantitative estimate of drug-likeness (QED) is 0.0195. The third kappa shape index (κ3) is 50.6. The number of esters is 2. The lowest BCUT2D eigenvalue weighted by molar-refractivity contribution is -0.870. The van der Waals surface area contributed by atoms with Gasteiger partial charge in [0.05, 0.1) is 27.7 Å². The van der Waals surface area contributed by atoms with Gasteiger partial charge in [0.25, 0.3) is 7.82 Å². The van der Waals surface area contributed by atoms with Crippen molar-refractivity contribution >= 4 is 19.8 Å². The monoisotopic (exact) mass is 944 g/mol. The van der Waals surface area contributed by atoms with Gasteiger partial charge in [0.2, 0.25) is 0 Å². The smallest absolute Gasteiger partial charge is 0.306 e. The van der Waals surface area contributed by atoms with Crippen LogP contribution in [0, 0.1) is 0 Å². The highest BCUT2D eigenvalue weighted by Crippen LogP contribution is 2.38. The van der Waals surface area contributed by atoms with Gasteiger partial charge in [-0.25, -0.2) is 0 Å². The van der Waals surface area contributed by atoms with E-state index in [1.807, 2.05) is 33.3 Å². The SMILES string of the molecule is CCCCC/C=C/C/C=C/C/C=C/C/C=C/C/C=C/CCC(=O)O[C@H](COC(=O)CCC/C=C/CC/C=C/CCCCCCCCCCCCCCCC)COP(=O)([O-])OCC[N+](C)(C)C. The van der Waals surface area contributed by atoms with Crippen molar-refractivity contribution in [1.29, 1.82) is 0 Å². The average molecular weight is 944 g/mol. The molecule has 0 spiro atoms. The Labute approximate surface area is 405 Å². The molecule has 66 heavy (non-hydrogen) atoms. The summed E-state index contributed by atoms with van der Waals surface area (Å²) in [4.78, 5) is 37.7. The van der Waals surface area contributed by atoms with E-state index in [1.165, 1.54) is 116 Å². The number of phosphoric ester groups is 1. The molecule has 1 unspecified atom stereocenters. The van der Waals surface area contributed by atoms with Crippen molar-refractivity contribution in [3.05, 3.63) is 85.1 Å². The molecule has 0 rings (SSSR count). The van der Waals surface area contributed by atoms with Crippen LogP contribution < -0.4 is 4.89 Å². The molecule has 380 valence electrons. The van der Waals surface area contributed by atoms with E-state index >= 15 is 0 Å². The predicted octanol–water partition coefficient (Wildman–Crippen LogP) is 15.3. The zero-order valence-electron chi connectivity index (χ0n) is 42.9. The van der Waals surface area contributed by atoms with E-state index in [4.69, 9.17) is 18.5 Å². The first kappa shape index (κ1) is 63.2. The van der Waals surface area contributed by atoms with Crippen molar-refractivity contribution < 1.29 is 42.1 Å². The van der Waals surface area contributed by atoms with Crippen LogP contribution in [0.2, 0.25) is 0 Å². The Bertz CT molecular complexity index is 1390. The van der Waals surface area contributed by atoms with Crippen molar-refractivity contribution in [3.8, 4) is 0 Å². The highest BCUT2D eigenvalue weighted by Gasteiger charge is 2.21. The first-order chi connectivity index (χ1) is 32.0. The molecule has 0 aromatic carbocycles. The minimum Gasteiger partial charge on any atom is -0.756 e. The second-order valence-electron chi connectivity index (χ2n) is 18.5. The molecule has 0 aromatic heterocycles. The van der Waals surface area contributed by atoms with Crippen molar-refractivity contribution in [1.82, 2.24) is 0 Å². The molecule has 0 aliphatic carbocycles. The third-order valence-electron chi connectivity index (χ3n) is 10.9. The summed E-state index contributed by atoms with van der Waals surface area (Å²) in [6.45, 7) is 4.08. The molecule has 0 heterocycles. The first-order valence-electron chi connectivity index (χ1n) is 26.3. The number of likely N-dealkylation sites (N-methyl/N-ethyl adjacent to an activating group) is 1. The largest absolute Gasteiger partial charge is 0.756 e. The van der Waals surface area contributed by atoms with Gasteiger partial charge in [-0.1, -0.05) is 195 Å². The minimum absolute atomic E-state index is 0.0537. The normalized spacial score (nSPS) is 14.1. The minimum atomic E-state index is -4.66. The van der Waals surface area contributed by atoms with Crippen molar-refractivity contribution in [2.45, 2.75) is 213 Å². The van der Waals surface area contributed by atoms with Crippen LogP contribution in [0.3, 0.4) is 0 Å². The lowest BCUT2D eigenvalue weighted by Crippen LogP contribution is -2.37. The Morgan fingerprint density at radius 1 is 0.470 bits per heavy atom. The number of phosphoric acid groups is 1. The van der Waals surface area contributed by atoms with E-state index in [0.717, 1.165) is 51.4 Å². The molecule has 0 aliphatic rings. The summed E-state index contributed by atoms with van der Waals surface area (Å²) < 4.78 is 33.9. The number of nitrogens with zero attached hydrogens (tertiary/aromatic N) is 1. The lowest BCUT2D eigenvalue weighted by atomic mass is 10.0. The van der Waals surface area contributed by atoms with Gasteiger partial charge >= 0.3 is 11.9 Å². The van der Waals surface area contributed by atoms with Crippen molar-refractivity contribution in [2.75, 3.05) is 47.5 Å². The Balaban J connectivity index is 4.40. The van der Waals surface area contributed by atoms with Gasteiger partial charge in [-0.15, -0.1) is 0 Å². The Hall–Kier alpha value is -2.81. The zero-order chi connectivity index (χ0) is 48.5. The summed E-state index contributed by atoms with van der Waals surface area (Å²) in [7, 11) is 1.09. The van der Waals surface area contributed by atoms with Gasteiger partial charge < -0.3 is 27.9 Å². The highest BCUT2D eigenvalue weighted by molar-refractivity contribution is 7.45. The van der Waals surface area contributed by atoms with E-state index in [-0.39, 0.29) is 26.1 Å². The fourth-order valence-corrected chi connectivity index (χ4v) is 7.50. The number of carbonyl (C=O) groups is 2. The van der Waals surface area contributed by atoms with Crippen LogP contribution in [0.15, 0.2) is 85.1 Å². The molecular formula is C56H98NO8P. The summed E-state index contributed by atoms with van der Waals surface area (Å²) in [6, 6.07) is 0. The number of hydrogen-bond donors (Lipinski definition) is 0. The lowest BCUT2D eigenvalue weighted by Gasteiger charge is -2.28. The summed E-state index contributed by atoms with van der Waals surface area (Å²) >= 11 is 0. The van der Waals surface area contributed by atoms with Gasteiger partial charge in [0, 0.05) is 12.8 Å². The maximum absolute atomic E-state index is 12.7. The topological polar surface area (TPSA) is 111 Å². The molecule has 0 saturated heterocycles. The Kier molecular flexibility index (Phi) is 45.3. The van der Waals surface area contributed by atoms with Crippen LogP contribution in [0.25, 0.3) is 0 Å². The van der Waals surface area contributed by atoms with Gasteiger partial charge in [0.1, 0.15) is 19.8 Å². The van der Waals surface area contributed by atoms with E-state index in [9.17, 15) is 19.0 Å². The number of unbranched alkanes of at least 4 members (excludes halogenated alkanes) is 19. The number of quaternary nitrogens is 1. The van der Waals surface area contributed by atoms with Gasteiger partial charge in [-0.3, -0.25) is 14.2 Å². The first-order valence-corrected chi connectivity index (χ1v) is 27.8. The number of ether oxygens (including phenoxy) is 2. The Morgan fingerprint density at radius 2 is 0.864 bits per heavy atom. The summed E-state index contributed by atoms with van der Waals surface area (Å²) in [5, 5.41) is 0. The molecular weight excluding hydrogens is 846 g/mol. The van der Waals surface area contributed by atoms with Crippen LogP contribution in [0.5, 0.6) is 0 Å². The van der Waals surface area contributed by atoms with E-state index in [1.54, 1.807) is 0 Å². The van der Waals surface area contributed by atoms with Crippen molar-refractivity contribution in [2.24, 2.45) is 0 Å². The molecule has 0 N–H and O–H groups in total. The summed E-state index contributed by atoms with van der Waals surface area (Å²) in [6.07, 6.45) is 62.2. The summed E-state index contributed by atoms with van der Waals surface area (Å²) in [5.74, 6) is -0.983. The maximum Gasteiger partial charge on any atom is 0.306 e. The Morgan fingerprint density at radius 3 is 1.36 bits per heavy atom. The number of hydrogen-bond acceptors (Lipinski definition) is 8. The molecule has 10 heteroatoms. The van der Waals surface area contributed by atoms with Crippen LogP contribution in [0.4, 0.5) is 0 Å². The molecule has 0 amide bonds. The second kappa shape index (κ2) is 47.3. The number of rotatable bonds is 47. The van der Waals surface area contributed by atoms with Crippen LogP contribution in [-0.4, -0.2) is 70.0 Å². The van der Waals surface area contributed by atoms with Gasteiger partial charge in [0.15, 0.2) is 6.10 Å². The second-order valence-corrected chi connectivity index (χ2v) is 19.9. The fourth-order valence-electron chi connectivity index (χ4n) is 6.78. The molecule has 2 atom stereocenters. The van der Waals surface area contributed by atoms with Crippen molar-refractivity contribution in [3.63, 3.8) is 0 Å². The summed E-state index contributed by atoms with van der Waals surface area (Å²) in [5.41, 5.74) is 0. The van der Waals surface area contributed by atoms with E-state index in [2.05, 4.69) is 86.8 Å². The van der Waals surface area contributed by atoms with Gasteiger partial charge in [-0.05, 0) is 83.5 Å². The van der Waals surface area contributed by atoms with Crippen LogP contribution >= 0.6 is 7.82 Å². The standard InChI is InChI=1S/C56H98NO8P/c1-6-8-10-12-14-16-18-20-22-24-26-27-28-29-31-32-34-36-38-40-42-44-46-48-55(58)62-52-54(53-64-66(60,61)63-51-50-57(3,4)5)65-56(59)49-47-45-43-41-39-37-35-33-30-25-23-21-19-17-15-13-11-9-7-2/h15,17,21,23,30,32-34,37,39-40,42-43,45,54H,6-14,16,18-20,22,24-29,31,35-36,38,41,44,46-53H2,1-5H3/b17-15+,23-21+,33-30+,34-32+,39-37+,42-40+,45-43+/t54-/m1/s1. The molecule has 0 radical (unpaired) electrons. The third-order valence-corrected chi connectivity index (χ3v) is 11.8. The molecule has 0 saturated carbocycles. The average Bonchev–Trinajstić information content (AvgIpc) is 3.27. The number of allylic oxidation sites excluding steroid dienone is 14. The predicted molar refractivity (Wildman–Crippen MR) is 277 cm³/mol. The molecule has 0 fully saturated rings. The highest BCUT2D eigenvalue weighted by atomic mass is 31.2. The maximum atomic E-state index is 12.7. The van der Waals surface area contributed by atoms with E-state index in [0.29, 0.717) is 23.9 Å². The van der Waals surface area contributed by atoms with Crippen LogP contribution in [0.1, 0.15) is 206 Å². The fraction of sp³-hybridized carbons (Fsp3) is 0.714.